The van der Waals surface area contributed by atoms with Gasteiger partial charge in [-0.2, -0.15) is 0 Å². The lowest BCUT2D eigenvalue weighted by Gasteiger charge is -2.25. The third kappa shape index (κ3) is 5.68. The molecule has 0 radical (unpaired) electrons. The Balaban J connectivity index is 1.30. The number of carbonyl (C=O) groups excluding carboxylic acids is 2. The molecule has 0 spiro atoms. The molecule has 2 amide bonds. The molecule has 0 fully saturated rings. The molecule has 5 nitrogen and oxygen atoms in total. The van der Waals surface area contributed by atoms with Crippen LogP contribution in [0.4, 0.5) is 5.69 Å². The summed E-state index contributed by atoms with van der Waals surface area (Å²) in [5.41, 5.74) is 3.37. The minimum Gasteiger partial charge on any atom is -0.492 e. The SMILES string of the molecule is O=C(Nc1ccc2c(c1)C[C@H](C(=O)NCCCc1ccccc1)CO2)c1ccc(Cl)cc1. The molecular formula is C26H25ClN2O3. The molecule has 1 aliphatic heterocycles. The zero-order valence-corrected chi connectivity index (χ0v) is 18.4. The zero-order chi connectivity index (χ0) is 22.3. The van der Waals surface area contributed by atoms with Crippen LogP contribution < -0.4 is 15.4 Å². The van der Waals surface area contributed by atoms with Crippen molar-refractivity contribution in [1.82, 2.24) is 5.32 Å². The van der Waals surface area contributed by atoms with Gasteiger partial charge in [0.1, 0.15) is 12.4 Å². The quantitative estimate of drug-likeness (QED) is 0.505. The molecule has 0 unspecified atom stereocenters. The van der Waals surface area contributed by atoms with Crippen LogP contribution in [0.2, 0.25) is 5.02 Å². The lowest BCUT2D eigenvalue weighted by atomic mass is 9.95. The van der Waals surface area contributed by atoms with Crippen LogP contribution in [0, 0.1) is 5.92 Å². The number of benzene rings is 3. The van der Waals surface area contributed by atoms with E-state index < -0.39 is 0 Å². The number of rotatable bonds is 7. The van der Waals surface area contributed by atoms with E-state index in [4.69, 9.17) is 16.3 Å². The van der Waals surface area contributed by atoms with Gasteiger partial charge >= 0.3 is 0 Å². The number of anilines is 1. The molecule has 1 heterocycles. The highest BCUT2D eigenvalue weighted by Crippen LogP contribution is 2.30. The first kappa shape index (κ1) is 21.9. The van der Waals surface area contributed by atoms with Crippen molar-refractivity contribution < 1.29 is 14.3 Å². The Morgan fingerprint density at radius 2 is 1.78 bits per heavy atom. The van der Waals surface area contributed by atoms with E-state index in [1.54, 1.807) is 30.3 Å². The van der Waals surface area contributed by atoms with Gasteiger partial charge in [0.15, 0.2) is 0 Å². The van der Waals surface area contributed by atoms with Crippen LogP contribution in [-0.4, -0.2) is 25.0 Å². The Labute approximate surface area is 192 Å². The average molecular weight is 449 g/mol. The van der Waals surface area contributed by atoms with Crippen molar-refractivity contribution in [3.63, 3.8) is 0 Å². The third-order valence-electron chi connectivity index (χ3n) is 5.49. The molecule has 32 heavy (non-hydrogen) atoms. The fourth-order valence-corrected chi connectivity index (χ4v) is 3.86. The molecule has 0 aromatic heterocycles. The number of aryl methyl sites for hydroxylation is 1. The van der Waals surface area contributed by atoms with Crippen molar-refractivity contribution in [1.29, 1.82) is 0 Å². The molecule has 164 valence electrons. The maximum Gasteiger partial charge on any atom is 0.255 e. The molecular weight excluding hydrogens is 424 g/mol. The normalized spacial score (nSPS) is 14.7. The maximum atomic E-state index is 12.6. The average Bonchev–Trinajstić information content (AvgIpc) is 2.82. The Morgan fingerprint density at radius 3 is 2.56 bits per heavy atom. The number of carbonyl (C=O) groups is 2. The van der Waals surface area contributed by atoms with Crippen LogP contribution in [0.15, 0.2) is 72.8 Å². The first-order valence-corrected chi connectivity index (χ1v) is 11.1. The summed E-state index contributed by atoms with van der Waals surface area (Å²) in [4.78, 5) is 25.1. The molecule has 3 aromatic carbocycles. The number of hydrogen-bond donors (Lipinski definition) is 2. The van der Waals surface area contributed by atoms with Crippen molar-refractivity contribution in [2.45, 2.75) is 19.3 Å². The van der Waals surface area contributed by atoms with Crippen molar-refractivity contribution in [3.05, 3.63) is 94.5 Å². The van der Waals surface area contributed by atoms with E-state index in [-0.39, 0.29) is 17.7 Å². The summed E-state index contributed by atoms with van der Waals surface area (Å²) >= 11 is 5.88. The minimum atomic E-state index is -0.249. The lowest BCUT2D eigenvalue weighted by molar-refractivity contribution is -0.126. The second kappa shape index (κ2) is 10.3. The third-order valence-corrected chi connectivity index (χ3v) is 5.74. The predicted molar refractivity (Wildman–Crippen MR) is 126 cm³/mol. The van der Waals surface area contributed by atoms with Gasteiger partial charge in [0, 0.05) is 22.8 Å². The van der Waals surface area contributed by atoms with Gasteiger partial charge in [-0.25, -0.2) is 0 Å². The highest BCUT2D eigenvalue weighted by atomic mass is 35.5. The van der Waals surface area contributed by atoms with Crippen LogP contribution in [0.1, 0.15) is 27.9 Å². The van der Waals surface area contributed by atoms with Crippen LogP contribution in [-0.2, 0) is 17.6 Å². The van der Waals surface area contributed by atoms with E-state index in [1.165, 1.54) is 5.56 Å². The number of ether oxygens (including phenoxy) is 1. The number of halogens is 1. The summed E-state index contributed by atoms with van der Waals surface area (Å²) in [5, 5.41) is 6.50. The Morgan fingerprint density at radius 1 is 1.00 bits per heavy atom. The largest absolute Gasteiger partial charge is 0.492 e. The van der Waals surface area contributed by atoms with Gasteiger partial charge in [-0.15, -0.1) is 0 Å². The number of hydrogen-bond acceptors (Lipinski definition) is 3. The van der Waals surface area contributed by atoms with E-state index in [1.807, 2.05) is 30.3 Å². The summed E-state index contributed by atoms with van der Waals surface area (Å²) in [6.45, 7) is 0.988. The van der Waals surface area contributed by atoms with Crippen molar-refractivity contribution in [2.24, 2.45) is 5.92 Å². The van der Waals surface area contributed by atoms with Gasteiger partial charge in [-0.1, -0.05) is 41.9 Å². The minimum absolute atomic E-state index is 0.000635. The fraction of sp³-hybridized carbons (Fsp3) is 0.231. The second-order valence-corrected chi connectivity index (χ2v) is 8.31. The molecule has 0 bridgehead atoms. The van der Waals surface area contributed by atoms with Crippen LogP contribution in [0.3, 0.4) is 0 Å². The summed E-state index contributed by atoms with van der Waals surface area (Å²) < 4.78 is 5.80. The van der Waals surface area contributed by atoms with E-state index in [0.717, 1.165) is 24.2 Å². The van der Waals surface area contributed by atoms with Crippen molar-refractivity contribution >= 4 is 29.1 Å². The second-order valence-electron chi connectivity index (χ2n) is 7.88. The smallest absolute Gasteiger partial charge is 0.255 e. The van der Waals surface area contributed by atoms with Gasteiger partial charge in [0.05, 0.1) is 5.92 Å². The maximum absolute atomic E-state index is 12.6. The lowest BCUT2D eigenvalue weighted by Crippen LogP contribution is -2.37. The van der Waals surface area contributed by atoms with Gasteiger partial charge in [-0.3, -0.25) is 9.59 Å². The highest BCUT2D eigenvalue weighted by molar-refractivity contribution is 6.30. The topological polar surface area (TPSA) is 67.4 Å². The summed E-state index contributed by atoms with van der Waals surface area (Å²) in [7, 11) is 0. The van der Waals surface area contributed by atoms with Crippen LogP contribution >= 0.6 is 11.6 Å². The van der Waals surface area contributed by atoms with E-state index in [0.29, 0.717) is 35.8 Å². The van der Waals surface area contributed by atoms with Crippen LogP contribution in [0.25, 0.3) is 0 Å². The number of nitrogens with one attached hydrogen (secondary N) is 2. The fourth-order valence-electron chi connectivity index (χ4n) is 3.74. The molecule has 0 saturated heterocycles. The Hall–Kier alpha value is -3.31. The number of fused-ring (bicyclic) bond motifs is 1. The van der Waals surface area contributed by atoms with Gasteiger partial charge < -0.3 is 15.4 Å². The monoisotopic (exact) mass is 448 g/mol. The molecule has 1 atom stereocenters. The molecule has 0 aliphatic carbocycles. The molecule has 2 N–H and O–H groups in total. The molecule has 6 heteroatoms. The van der Waals surface area contributed by atoms with E-state index in [9.17, 15) is 9.59 Å². The summed E-state index contributed by atoms with van der Waals surface area (Å²) in [6.07, 6.45) is 2.40. The number of amides is 2. The predicted octanol–water partition coefficient (Wildman–Crippen LogP) is 4.89. The highest BCUT2D eigenvalue weighted by Gasteiger charge is 2.26. The zero-order valence-electron chi connectivity index (χ0n) is 17.6. The summed E-state index contributed by atoms with van der Waals surface area (Å²) in [5.74, 6) is 0.287. The van der Waals surface area contributed by atoms with E-state index in [2.05, 4.69) is 22.8 Å². The van der Waals surface area contributed by atoms with Gasteiger partial charge in [0.25, 0.3) is 5.91 Å². The first-order valence-electron chi connectivity index (χ1n) is 10.7. The molecule has 4 rings (SSSR count). The van der Waals surface area contributed by atoms with Crippen LogP contribution in [0.5, 0.6) is 5.75 Å². The van der Waals surface area contributed by atoms with Gasteiger partial charge in [0.2, 0.25) is 5.91 Å². The molecule has 3 aromatic rings. The van der Waals surface area contributed by atoms with Crippen molar-refractivity contribution in [2.75, 3.05) is 18.5 Å². The molecule has 1 aliphatic rings. The van der Waals surface area contributed by atoms with Crippen molar-refractivity contribution in [3.8, 4) is 5.75 Å². The molecule has 0 saturated carbocycles. The van der Waals surface area contributed by atoms with E-state index >= 15 is 0 Å². The summed E-state index contributed by atoms with van der Waals surface area (Å²) in [6, 6.07) is 22.5. The first-order chi connectivity index (χ1) is 15.6. The standard InChI is InChI=1S/C26H25ClN2O3/c27-22-10-8-19(9-11-22)26(31)29-23-12-13-24-20(16-23)15-21(17-32-24)25(30)28-14-4-7-18-5-2-1-3-6-18/h1-3,5-6,8-13,16,21H,4,7,14-15,17H2,(H,28,30)(H,29,31)/t21-/m0/s1. The van der Waals surface area contributed by atoms with Gasteiger partial charge in [-0.05, 0) is 72.9 Å². The Kier molecular flexibility index (Phi) is 7.07. The Bertz CT molecular complexity index is 1080.